The predicted molar refractivity (Wildman–Crippen MR) is 69.4 cm³/mol. The van der Waals surface area contributed by atoms with Crippen molar-refractivity contribution in [2.45, 2.75) is 25.9 Å². The van der Waals surface area contributed by atoms with Crippen LogP contribution in [0, 0.1) is 6.92 Å². The maximum atomic E-state index is 11.9. The summed E-state index contributed by atoms with van der Waals surface area (Å²) in [5, 5.41) is 0. The Bertz CT molecular complexity index is 546. The second-order valence-corrected chi connectivity index (χ2v) is 6.60. The van der Waals surface area contributed by atoms with E-state index >= 15 is 0 Å². The molecule has 1 N–H and O–H groups in total. The van der Waals surface area contributed by atoms with E-state index in [1.807, 2.05) is 0 Å². The molecule has 1 aromatic rings. The van der Waals surface area contributed by atoms with E-state index in [0.29, 0.717) is 10.2 Å². The monoisotopic (exact) mass is 360 g/mol. The molecule has 1 aromatic heterocycles. The minimum absolute atomic E-state index is 0.0905. The van der Waals surface area contributed by atoms with Gasteiger partial charge in [-0.1, -0.05) is 0 Å². The lowest BCUT2D eigenvalue weighted by Crippen LogP contribution is -2.19. The first kappa shape index (κ1) is 16.2. The van der Waals surface area contributed by atoms with Gasteiger partial charge in [-0.2, -0.15) is 13.2 Å². The zero-order valence-corrected chi connectivity index (χ0v) is 12.4. The third-order valence-electron chi connectivity index (χ3n) is 2.15. The van der Waals surface area contributed by atoms with Gasteiger partial charge >= 0.3 is 6.18 Å². The zero-order valence-electron chi connectivity index (χ0n) is 9.96. The topological polar surface area (TPSA) is 59.1 Å². The molecule has 0 spiro atoms. The zero-order chi connectivity index (χ0) is 14.7. The Labute approximate surface area is 117 Å². The van der Waals surface area contributed by atoms with Crippen LogP contribution in [0.25, 0.3) is 0 Å². The molecule has 0 aliphatic heterocycles. The van der Waals surface area contributed by atoms with Crippen molar-refractivity contribution in [1.82, 2.24) is 4.98 Å². The second-order valence-electron chi connectivity index (χ2n) is 3.90. The lowest BCUT2D eigenvalue weighted by Gasteiger charge is -2.09. The number of sulfonamides is 1. The van der Waals surface area contributed by atoms with Crippen molar-refractivity contribution in [3.63, 3.8) is 0 Å². The highest BCUT2D eigenvalue weighted by molar-refractivity contribution is 9.10. The molecule has 0 bridgehead atoms. The predicted octanol–water partition coefficient (Wildman–Crippen LogP) is 3.24. The highest BCUT2D eigenvalue weighted by Gasteiger charge is 2.27. The molecule has 0 atom stereocenters. The first-order chi connectivity index (χ1) is 8.59. The maximum Gasteiger partial charge on any atom is 0.389 e. The van der Waals surface area contributed by atoms with E-state index in [4.69, 9.17) is 0 Å². The summed E-state index contributed by atoms with van der Waals surface area (Å²) >= 11 is 3.21. The summed E-state index contributed by atoms with van der Waals surface area (Å²) in [4.78, 5) is 3.96. The van der Waals surface area contributed by atoms with Crippen LogP contribution in [0.3, 0.4) is 0 Å². The number of hydrogen-bond acceptors (Lipinski definition) is 3. The van der Waals surface area contributed by atoms with Gasteiger partial charge in [0.1, 0.15) is 5.82 Å². The van der Waals surface area contributed by atoms with Crippen molar-refractivity contribution >= 4 is 31.8 Å². The number of rotatable bonds is 5. The van der Waals surface area contributed by atoms with Gasteiger partial charge < -0.3 is 0 Å². The van der Waals surface area contributed by atoms with Crippen molar-refractivity contribution in [1.29, 1.82) is 0 Å². The molecule has 0 aliphatic rings. The van der Waals surface area contributed by atoms with Crippen LogP contribution in [0.4, 0.5) is 19.0 Å². The van der Waals surface area contributed by atoms with Crippen LogP contribution in [0.1, 0.15) is 18.5 Å². The summed E-state index contributed by atoms with van der Waals surface area (Å²) in [5.41, 5.74) is 0.579. The van der Waals surface area contributed by atoms with Crippen LogP contribution in [-0.2, 0) is 10.0 Å². The normalized spacial score (nSPS) is 12.5. The van der Waals surface area contributed by atoms with Gasteiger partial charge in [0.2, 0.25) is 10.0 Å². The van der Waals surface area contributed by atoms with Gasteiger partial charge in [-0.25, -0.2) is 13.4 Å². The van der Waals surface area contributed by atoms with Crippen LogP contribution < -0.4 is 4.72 Å². The highest BCUT2D eigenvalue weighted by atomic mass is 79.9. The molecule has 1 rings (SSSR count). The Hall–Kier alpha value is -0.830. The molecule has 0 saturated carbocycles. The van der Waals surface area contributed by atoms with Crippen LogP contribution in [-0.4, -0.2) is 25.3 Å². The van der Waals surface area contributed by atoms with Gasteiger partial charge in [0.15, 0.2) is 0 Å². The van der Waals surface area contributed by atoms with Crippen molar-refractivity contribution in [3.05, 3.63) is 22.3 Å². The third kappa shape index (κ3) is 6.24. The molecule has 0 aromatic carbocycles. The fourth-order valence-electron chi connectivity index (χ4n) is 1.27. The van der Waals surface area contributed by atoms with Gasteiger partial charge in [0.25, 0.3) is 0 Å². The van der Waals surface area contributed by atoms with Gasteiger partial charge in [0, 0.05) is 10.9 Å². The van der Waals surface area contributed by atoms with Crippen LogP contribution in [0.15, 0.2) is 16.6 Å². The van der Waals surface area contributed by atoms with Crippen LogP contribution >= 0.6 is 15.9 Å². The Balaban J connectivity index is 2.61. The summed E-state index contributed by atoms with van der Waals surface area (Å²) in [5.74, 6) is -0.503. The highest BCUT2D eigenvalue weighted by Crippen LogP contribution is 2.22. The molecule has 0 amide bonds. The fraction of sp³-hybridized carbons (Fsp3) is 0.500. The summed E-state index contributed by atoms with van der Waals surface area (Å²) in [6.07, 6.45) is -5.95. The molecule has 1 heterocycles. The standard InChI is InChI=1S/C10H12BrF3N2O2S/c1-7-8(11)3-4-9(15-7)16-19(17,18)6-2-5-10(12,13)14/h3-4H,2,5-6H2,1H3,(H,15,16). The minimum Gasteiger partial charge on any atom is -0.267 e. The van der Waals surface area contributed by atoms with Crippen molar-refractivity contribution in [2.24, 2.45) is 0 Å². The van der Waals surface area contributed by atoms with E-state index in [1.165, 1.54) is 6.07 Å². The fourth-order valence-corrected chi connectivity index (χ4v) is 2.55. The summed E-state index contributed by atoms with van der Waals surface area (Å²) in [6.45, 7) is 1.67. The molecule has 0 fully saturated rings. The van der Waals surface area contributed by atoms with E-state index in [1.54, 1.807) is 13.0 Å². The van der Waals surface area contributed by atoms with Gasteiger partial charge in [-0.15, -0.1) is 0 Å². The van der Waals surface area contributed by atoms with E-state index in [0.717, 1.165) is 0 Å². The largest absolute Gasteiger partial charge is 0.389 e. The molecule has 0 radical (unpaired) electrons. The quantitative estimate of drug-likeness (QED) is 0.876. The first-order valence-corrected chi connectivity index (χ1v) is 7.74. The van der Waals surface area contributed by atoms with Crippen molar-refractivity contribution in [3.8, 4) is 0 Å². The average Bonchev–Trinajstić information content (AvgIpc) is 2.20. The molecule has 108 valence electrons. The Morgan fingerprint density at radius 3 is 2.53 bits per heavy atom. The molecular formula is C10H12BrF3N2O2S. The molecule has 0 aliphatic carbocycles. The van der Waals surface area contributed by atoms with E-state index in [-0.39, 0.29) is 5.82 Å². The number of pyridine rings is 1. The van der Waals surface area contributed by atoms with E-state index in [2.05, 4.69) is 25.6 Å². The summed E-state index contributed by atoms with van der Waals surface area (Å²) in [6, 6.07) is 3.04. The third-order valence-corrected chi connectivity index (χ3v) is 4.34. The minimum atomic E-state index is -4.35. The molecule has 19 heavy (non-hydrogen) atoms. The van der Waals surface area contributed by atoms with Crippen molar-refractivity contribution < 1.29 is 21.6 Å². The number of halogens is 4. The maximum absolute atomic E-state index is 11.9. The van der Waals surface area contributed by atoms with Crippen molar-refractivity contribution in [2.75, 3.05) is 10.5 Å². The molecule has 0 unspecified atom stereocenters. The molecular weight excluding hydrogens is 349 g/mol. The number of anilines is 1. The number of aromatic nitrogens is 1. The van der Waals surface area contributed by atoms with Crippen LogP contribution in [0.2, 0.25) is 0 Å². The van der Waals surface area contributed by atoms with Gasteiger partial charge in [-0.3, -0.25) is 4.72 Å². The average molecular weight is 361 g/mol. The van der Waals surface area contributed by atoms with Gasteiger partial charge in [0.05, 0.1) is 11.4 Å². The summed E-state index contributed by atoms with van der Waals surface area (Å²) in [7, 11) is -3.81. The molecule has 4 nitrogen and oxygen atoms in total. The molecule has 0 saturated heterocycles. The Morgan fingerprint density at radius 2 is 2.00 bits per heavy atom. The lowest BCUT2D eigenvalue weighted by atomic mass is 10.3. The number of nitrogens with one attached hydrogen (secondary N) is 1. The van der Waals surface area contributed by atoms with Crippen LogP contribution in [0.5, 0.6) is 0 Å². The number of hydrogen-bond donors (Lipinski definition) is 1. The SMILES string of the molecule is Cc1nc(NS(=O)(=O)CCCC(F)(F)F)ccc1Br. The lowest BCUT2D eigenvalue weighted by molar-refractivity contribution is -0.134. The summed E-state index contributed by atoms with van der Waals surface area (Å²) < 4.78 is 61.7. The smallest absolute Gasteiger partial charge is 0.267 e. The van der Waals surface area contributed by atoms with E-state index < -0.39 is 34.8 Å². The Kier molecular flexibility index (Phi) is 5.19. The number of alkyl halides is 3. The van der Waals surface area contributed by atoms with Gasteiger partial charge in [-0.05, 0) is 41.4 Å². The second kappa shape index (κ2) is 6.08. The molecule has 9 heteroatoms. The van der Waals surface area contributed by atoms with E-state index in [9.17, 15) is 21.6 Å². The first-order valence-electron chi connectivity index (χ1n) is 5.29. The Morgan fingerprint density at radius 1 is 1.37 bits per heavy atom. The number of aryl methyl sites for hydroxylation is 1. The number of nitrogens with zero attached hydrogens (tertiary/aromatic N) is 1.